The van der Waals surface area contributed by atoms with Gasteiger partial charge in [0.2, 0.25) is 0 Å². The maximum Gasteiger partial charge on any atom is 0.0837 e. The van der Waals surface area contributed by atoms with Crippen LogP contribution in [0, 0.1) is 0 Å². The van der Waals surface area contributed by atoms with Gasteiger partial charge >= 0.3 is 0 Å². The molecule has 2 aromatic heterocycles. The van der Waals surface area contributed by atoms with Gasteiger partial charge in [0.15, 0.2) is 0 Å². The zero-order valence-electron chi connectivity index (χ0n) is 11.8. The minimum absolute atomic E-state index is 0.352. The fourth-order valence-electron chi connectivity index (χ4n) is 2.81. The van der Waals surface area contributed by atoms with Gasteiger partial charge in [0, 0.05) is 38.3 Å². The second kappa shape index (κ2) is 5.68. The second-order valence-corrected chi connectivity index (χ2v) is 5.45. The number of nitrogens with one attached hydrogen (secondary N) is 1. The Morgan fingerprint density at radius 1 is 1.40 bits per heavy atom. The van der Waals surface area contributed by atoms with Crippen LogP contribution in [0.5, 0.6) is 0 Å². The summed E-state index contributed by atoms with van der Waals surface area (Å²) in [7, 11) is 4.24. The van der Waals surface area contributed by atoms with E-state index in [9.17, 15) is 0 Å². The molecule has 1 aliphatic heterocycles. The quantitative estimate of drug-likeness (QED) is 0.787. The van der Waals surface area contributed by atoms with Gasteiger partial charge in [0.05, 0.1) is 24.1 Å². The third-order valence-corrected chi connectivity index (χ3v) is 3.93. The number of H-pyrrole nitrogens is 1. The average molecular weight is 276 g/mol. The first-order chi connectivity index (χ1) is 9.74. The third-order valence-electron chi connectivity index (χ3n) is 3.93. The molecule has 2 aromatic rings. The fourth-order valence-corrected chi connectivity index (χ4v) is 2.81. The first-order valence-corrected chi connectivity index (χ1v) is 6.83. The number of likely N-dealkylation sites (tertiary alicyclic amines) is 1. The number of likely N-dealkylation sites (N-methyl/N-ethyl adjacent to an activating group) is 1. The summed E-state index contributed by atoms with van der Waals surface area (Å²) in [6, 6.07) is 0.804. The van der Waals surface area contributed by atoms with Gasteiger partial charge in [-0.3, -0.25) is 4.90 Å². The monoisotopic (exact) mass is 276 g/mol. The molecule has 108 valence electrons. The molecular weight excluding hydrogens is 256 g/mol. The molecule has 2 atom stereocenters. The molecule has 0 aliphatic carbocycles. The van der Waals surface area contributed by atoms with Crippen LogP contribution in [0.4, 0.5) is 0 Å². The Balaban J connectivity index is 1.64. The Hall–Kier alpha value is -1.80. The third kappa shape index (κ3) is 2.70. The van der Waals surface area contributed by atoms with E-state index in [1.165, 1.54) is 0 Å². The molecule has 1 fully saturated rings. The van der Waals surface area contributed by atoms with Gasteiger partial charge in [0.1, 0.15) is 0 Å². The maximum atomic E-state index is 4.16. The Morgan fingerprint density at radius 3 is 2.95 bits per heavy atom. The minimum Gasteiger partial charge on any atom is -0.303 e. The number of hydrogen-bond acceptors (Lipinski definition) is 6. The van der Waals surface area contributed by atoms with E-state index in [1.54, 1.807) is 12.4 Å². The van der Waals surface area contributed by atoms with Gasteiger partial charge in [-0.2, -0.15) is 15.4 Å². The van der Waals surface area contributed by atoms with E-state index < -0.39 is 0 Å². The summed E-state index contributed by atoms with van der Waals surface area (Å²) in [4.78, 5) is 4.72. The molecule has 0 spiro atoms. The molecule has 8 nitrogen and oxygen atoms in total. The highest BCUT2D eigenvalue weighted by Crippen LogP contribution is 2.24. The summed E-state index contributed by atoms with van der Waals surface area (Å²) in [5, 5.41) is 18.7. The van der Waals surface area contributed by atoms with Crippen LogP contribution in [0.15, 0.2) is 18.6 Å². The van der Waals surface area contributed by atoms with Crippen LogP contribution in [0.2, 0.25) is 0 Å². The van der Waals surface area contributed by atoms with Crippen LogP contribution in [0.1, 0.15) is 11.7 Å². The summed E-state index contributed by atoms with van der Waals surface area (Å²) >= 11 is 0. The average Bonchev–Trinajstić information content (AvgIpc) is 3.17. The largest absolute Gasteiger partial charge is 0.303 e. The van der Waals surface area contributed by atoms with E-state index in [4.69, 9.17) is 0 Å². The molecule has 1 N–H and O–H groups in total. The van der Waals surface area contributed by atoms with E-state index in [2.05, 4.69) is 49.6 Å². The zero-order valence-corrected chi connectivity index (χ0v) is 11.8. The van der Waals surface area contributed by atoms with Crippen molar-refractivity contribution in [3.05, 3.63) is 24.3 Å². The Bertz CT molecular complexity index is 506. The number of aromatic amines is 1. The van der Waals surface area contributed by atoms with Crippen LogP contribution in [-0.2, 0) is 6.42 Å². The molecule has 1 saturated heterocycles. The van der Waals surface area contributed by atoms with Gasteiger partial charge in [-0.05, 0) is 14.1 Å². The van der Waals surface area contributed by atoms with E-state index in [-0.39, 0.29) is 0 Å². The molecular formula is C12H20N8. The minimum atomic E-state index is 0.352. The summed E-state index contributed by atoms with van der Waals surface area (Å²) in [5.74, 6) is 0. The van der Waals surface area contributed by atoms with Crippen molar-refractivity contribution in [1.29, 1.82) is 0 Å². The summed E-state index contributed by atoms with van der Waals surface area (Å²) < 4.78 is 1.97. The normalized spacial score (nSPS) is 23.8. The van der Waals surface area contributed by atoms with Crippen molar-refractivity contribution in [3.8, 4) is 0 Å². The van der Waals surface area contributed by atoms with Crippen molar-refractivity contribution in [2.24, 2.45) is 0 Å². The Morgan fingerprint density at radius 2 is 2.30 bits per heavy atom. The molecule has 3 rings (SSSR count). The SMILES string of the molecule is CN(C)[C@@H]1CN(CCc2cn[nH]n2)C[C@@H]1n1ccnn1. The number of hydrogen-bond donors (Lipinski definition) is 1. The van der Waals surface area contributed by atoms with Gasteiger partial charge in [0.25, 0.3) is 0 Å². The van der Waals surface area contributed by atoms with Gasteiger partial charge in [-0.1, -0.05) is 5.21 Å². The van der Waals surface area contributed by atoms with Crippen LogP contribution in [-0.4, -0.2) is 80.0 Å². The standard InChI is InChI=1S/C12H20N8/c1-18(2)11-8-19(5-3-10-7-14-16-15-10)9-12(11)20-6-4-13-17-20/h4,6-7,11-12H,3,5,8-9H2,1-2H3,(H,14,15,16)/t11-,12+/m1/s1. The van der Waals surface area contributed by atoms with Crippen LogP contribution in [0.3, 0.4) is 0 Å². The smallest absolute Gasteiger partial charge is 0.0837 e. The first-order valence-electron chi connectivity index (χ1n) is 6.83. The zero-order chi connectivity index (χ0) is 13.9. The predicted octanol–water partition coefficient (Wildman–Crippen LogP) is -0.574. The topological polar surface area (TPSA) is 78.8 Å². The van der Waals surface area contributed by atoms with Crippen LogP contribution < -0.4 is 0 Å². The second-order valence-electron chi connectivity index (χ2n) is 5.45. The molecule has 0 aromatic carbocycles. The van der Waals surface area contributed by atoms with E-state index in [0.29, 0.717) is 12.1 Å². The van der Waals surface area contributed by atoms with Crippen molar-refractivity contribution in [2.75, 3.05) is 33.7 Å². The molecule has 0 unspecified atom stereocenters. The number of nitrogens with zero attached hydrogens (tertiary/aromatic N) is 7. The van der Waals surface area contributed by atoms with Gasteiger partial charge < -0.3 is 4.90 Å². The van der Waals surface area contributed by atoms with Crippen molar-refractivity contribution >= 4 is 0 Å². The molecule has 0 bridgehead atoms. The molecule has 3 heterocycles. The maximum absolute atomic E-state index is 4.16. The summed E-state index contributed by atoms with van der Waals surface area (Å²) in [6.45, 7) is 3.02. The lowest BCUT2D eigenvalue weighted by Gasteiger charge is -2.24. The lowest BCUT2D eigenvalue weighted by molar-refractivity contribution is 0.238. The van der Waals surface area contributed by atoms with Crippen molar-refractivity contribution in [3.63, 3.8) is 0 Å². The molecule has 1 aliphatic rings. The molecule has 20 heavy (non-hydrogen) atoms. The lowest BCUT2D eigenvalue weighted by Crippen LogP contribution is -2.36. The molecule has 0 amide bonds. The first kappa shape index (κ1) is 13.2. The highest BCUT2D eigenvalue weighted by atomic mass is 15.5. The van der Waals surface area contributed by atoms with Crippen LogP contribution in [0.25, 0.3) is 0 Å². The van der Waals surface area contributed by atoms with Crippen molar-refractivity contribution < 1.29 is 0 Å². The Labute approximate surface area is 117 Å². The molecule has 0 radical (unpaired) electrons. The van der Waals surface area contributed by atoms with E-state index in [1.807, 2.05) is 10.9 Å². The molecule has 0 saturated carbocycles. The lowest BCUT2D eigenvalue weighted by atomic mass is 10.1. The number of aromatic nitrogens is 6. The van der Waals surface area contributed by atoms with E-state index in [0.717, 1.165) is 31.7 Å². The van der Waals surface area contributed by atoms with Crippen molar-refractivity contribution in [2.45, 2.75) is 18.5 Å². The van der Waals surface area contributed by atoms with Gasteiger partial charge in [-0.25, -0.2) is 4.68 Å². The fraction of sp³-hybridized carbons (Fsp3) is 0.667. The predicted molar refractivity (Wildman–Crippen MR) is 73.1 cm³/mol. The van der Waals surface area contributed by atoms with Crippen molar-refractivity contribution in [1.82, 2.24) is 40.2 Å². The van der Waals surface area contributed by atoms with Gasteiger partial charge in [-0.15, -0.1) is 5.10 Å². The number of rotatable bonds is 5. The summed E-state index contributed by atoms with van der Waals surface area (Å²) in [6.07, 6.45) is 6.39. The summed E-state index contributed by atoms with van der Waals surface area (Å²) in [5.41, 5.74) is 1.01. The van der Waals surface area contributed by atoms with Crippen LogP contribution >= 0.6 is 0 Å². The highest BCUT2D eigenvalue weighted by molar-refractivity contribution is 4.96. The molecule has 8 heteroatoms. The van der Waals surface area contributed by atoms with E-state index >= 15 is 0 Å². The Kier molecular flexibility index (Phi) is 3.75. The highest BCUT2D eigenvalue weighted by Gasteiger charge is 2.35.